The van der Waals surface area contributed by atoms with Gasteiger partial charge in [0, 0.05) is 46.5 Å². The van der Waals surface area contributed by atoms with Gasteiger partial charge in [0.15, 0.2) is 0 Å². The van der Waals surface area contributed by atoms with Crippen LogP contribution in [0.4, 0.5) is 5.69 Å². The zero-order valence-corrected chi connectivity index (χ0v) is 21.3. The minimum Gasteiger partial charge on any atom is -0.353 e. The molecule has 1 amide bonds. The first kappa shape index (κ1) is 23.3. The lowest BCUT2D eigenvalue weighted by Crippen LogP contribution is -2.24. The number of fused-ring (bicyclic) bond motifs is 2. The van der Waals surface area contributed by atoms with E-state index in [1.807, 2.05) is 36.5 Å². The molecular formula is C31H27N7O. The van der Waals surface area contributed by atoms with E-state index in [9.17, 15) is 4.79 Å². The van der Waals surface area contributed by atoms with E-state index in [0.29, 0.717) is 5.69 Å². The highest BCUT2D eigenvalue weighted by molar-refractivity contribution is 6.00. The molecule has 8 nitrogen and oxygen atoms in total. The largest absolute Gasteiger partial charge is 0.353 e. The highest BCUT2D eigenvalue weighted by Crippen LogP contribution is 2.34. The highest BCUT2D eigenvalue weighted by Gasteiger charge is 2.21. The fraction of sp³-hybridized carbons (Fsp3) is 0.194. The number of hydrogen-bond donors (Lipinski definition) is 3. The van der Waals surface area contributed by atoms with Gasteiger partial charge in [-0.15, -0.1) is 0 Å². The van der Waals surface area contributed by atoms with E-state index in [2.05, 4.69) is 54.7 Å². The molecule has 7 rings (SSSR count). The van der Waals surface area contributed by atoms with Gasteiger partial charge in [0.25, 0.3) is 0 Å². The van der Waals surface area contributed by atoms with Crippen LogP contribution in [0.25, 0.3) is 55.7 Å². The van der Waals surface area contributed by atoms with Crippen LogP contribution >= 0.6 is 0 Å². The van der Waals surface area contributed by atoms with Crippen molar-refractivity contribution in [1.29, 1.82) is 0 Å². The number of pyridine rings is 3. The second-order valence-electron chi connectivity index (χ2n) is 10.1. The Morgan fingerprint density at radius 2 is 1.77 bits per heavy atom. The number of anilines is 1. The first-order chi connectivity index (χ1) is 19.2. The number of carbonyl (C=O) groups excluding carboxylic acids is 1. The number of hydrogen-bond acceptors (Lipinski definition) is 5. The van der Waals surface area contributed by atoms with E-state index < -0.39 is 0 Å². The van der Waals surface area contributed by atoms with Crippen LogP contribution in [-0.2, 0) is 4.79 Å². The van der Waals surface area contributed by atoms with Crippen molar-refractivity contribution in [2.75, 3.05) is 5.32 Å². The summed E-state index contributed by atoms with van der Waals surface area (Å²) in [5.74, 6) is 0.166. The smallest absolute Gasteiger partial charge is 0.227 e. The van der Waals surface area contributed by atoms with Gasteiger partial charge >= 0.3 is 0 Å². The Labute approximate surface area is 224 Å². The van der Waals surface area contributed by atoms with Crippen LogP contribution < -0.4 is 5.32 Å². The van der Waals surface area contributed by atoms with Crippen molar-refractivity contribution in [3.8, 4) is 33.8 Å². The molecule has 1 saturated carbocycles. The Morgan fingerprint density at radius 3 is 2.64 bits per heavy atom. The van der Waals surface area contributed by atoms with Gasteiger partial charge < -0.3 is 10.3 Å². The fourth-order valence-electron chi connectivity index (χ4n) is 5.56. The highest BCUT2D eigenvalue weighted by atomic mass is 16.1. The maximum absolute atomic E-state index is 12.8. The van der Waals surface area contributed by atoms with Gasteiger partial charge in [-0.05, 0) is 54.8 Å². The summed E-state index contributed by atoms with van der Waals surface area (Å²) in [6, 6.07) is 18.2. The summed E-state index contributed by atoms with van der Waals surface area (Å²) in [6.07, 6.45) is 12.5. The molecule has 3 N–H and O–H groups in total. The van der Waals surface area contributed by atoms with Crippen molar-refractivity contribution in [3.05, 3.63) is 79.4 Å². The number of nitrogens with zero attached hydrogens (tertiary/aromatic N) is 4. The molecule has 0 saturated heterocycles. The van der Waals surface area contributed by atoms with Crippen molar-refractivity contribution in [3.63, 3.8) is 0 Å². The van der Waals surface area contributed by atoms with Crippen molar-refractivity contribution >= 4 is 33.5 Å². The lowest BCUT2D eigenvalue weighted by molar-refractivity contribution is -0.120. The summed E-state index contributed by atoms with van der Waals surface area (Å²) in [7, 11) is 0. The van der Waals surface area contributed by atoms with Gasteiger partial charge in [0.2, 0.25) is 5.91 Å². The van der Waals surface area contributed by atoms with Crippen molar-refractivity contribution in [2.24, 2.45) is 5.92 Å². The number of aromatic nitrogens is 6. The summed E-state index contributed by atoms with van der Waals surface area (Å²) in [5.41, 5.74) is 8.70. The molecule has 6 aromatic rings. The van der Waals surface area contributed by atoms with E-state index >= 15 is 0 Å². The quantitative estimate of drug-likeness (QED) is 0.236. The topological polar surface area (TPSA) is 112 Å². The van der Waals surface area contributed by atoms with E-state index in [1.165, 1.54) is 6.42 Å². The maximum Gasteiger partial charge on any atom is 0.227 e. The molecule has 39 heavy (non-hydrogen) atoms. The third-order valence-corrected chi connectivity index (χ3v) is 7.58. The normalized spacial score (nSPS) is 14.2. The minimum absolute atomic E-state index is 0.0821. The monoisotopic (exact) mass is 513 g/mol. The summed E-state index contributed by atoms with van der Waals surface area (Å²) < 4.78 is 0. The molecule has 0 atom stereocenters. The maximum atomic E-state index is 12.8. The van der Waals surface area contributed by atoms with Gasteiger partial charge in [-0.2, -0.15) is 5.10 Å². The number of aromatic amines is 2. The number of benzene rings is 1. The molecule has 192 valence electrons. The molecule has 5 aromatic heterocycles. The van der Waals surface area contributed by atoms with Crippen molar-refractivity contribution in [1.82, 2.24) is 30.1 Å². The van der Waals surface area contributed by atoms with Crippen molar-refractivity contribution < 1.29 is 4.79 Å². The van der Waals surface area contributed by atoms with E-state index in [4.69, 9.17) is 4.98 Å². The summed E-state index contributed by atoms with van der Waals surface area (Å²) in [4.78, 5) is 29.9. The number of rotatable bonds is 5. The van der Waals surface area contributed by atoms with Gasteiger partial charge in [-0.1, -0.05) is 37.5 Å². The van der Waals surface area contributed by atoms with E-state index in [-0.39, 0.29) is 11.8 Å². The average molecular weight is 514 g/mol. The van der Waals surface area contributed by atoms with E-state index in [1.54, 1.807) is 18.6 Å². The molecule has 0 unspecified atom stereocenters. The first-order valence-electron chi connectivity index (χ1n) is 13.4. The summed E-state index contributed by atoms with van der Waals surface area (Å²) in [6.45, 7) is 0. The van der Waals surface area contributed by atoms with Crippen molar-refractivity contribution in [2.45, 2.75) is 32.1 Å². The predicted molar refractivity (Wildman–Crippen MR) is 153 cm³/mol. The molecule has 8 heteroatoms. The van der Waals surface area contributed by atoms with Crippen LogP contribution in [0.2, 0.25) is 0 Å². The molecule has 5 heterocycles. The van der Waals surface area contributed by atoms with Crippen LogP contribution in [-0.4, -0.2) is 36.0 Å². The minimum atomic E-state index is 0.0821. The Balaban J connectivity index is 1.23. The molecule has 1 aliphatic carbocycles. The standard InChI is InChI=1S/C31H27N7O/c39-31(19-6-2-1-3-7-19)34-22-14-21(17-33-18-22)25-11-12-27-29(36-25)30(38-37-27)28-15-24-23(9-4-10-26(24)35-28)20-8-5-13-32-16-20/h4-5,8-19,35H,1-3,6-7H2,(H,34,39)(H,37,38). The van der Waals surface area contributed by atoms with Crippen LogP contribution in [0.1, 0.15) is 32.1 Å². The Morgan fingerprint density at radius 1 is 0.872 bits per heavy atom. The molecule has 0 bridgehead atoms. The van der Waals surface area contributed by atoms with Crippen LogP contribution in [0.3, 0.4) is 0 Å². The second-order valence-corrected chi connectivity index (χ2v) is 10.1. The third kappa shape index (κ3) is 4.44. The molecule has 1 fully saturated rings. The van der Waals surface area contributed by atoms with E-state index in [0.717, 1.165) is 81.4 Å². The fourth-order valence-corrected chi connectivity index (χ4v) is 5.56. The molecule has 1 aliphatic rings. The Kier molecular flexibility index (Phi) is 5.85. The van der Waals surface area contributed by atoms with Crippen LogP contribution in [0.5, 0.6) is 0 Å². The molecular weight excluding hydrogens is 486 g/mol. The lowest BCUT2D eigenvalue weighted by atomic mass is 9.88. The lowest BCUT2D eigenvalue weighted by Gasteiger charge is -2.20. The Hall–Kier alpha value is -4.85. The number of nitrogens with one attached hydrogen (secondary N) is 3. The van der Waals surface area contributed by atoms with Gasteiger partial charge in [-0.3, -0.25) is 19.9 Å². The molecule has 1 aromatic carbocycles. The summed E-state index contributed by atoms with van der Waals surface area (Å²) >= 11 is 0. The Bertz CT molecular complexity index is 1800. The number of H-pyrrole nitrogens is 2. The number of amides is 1. The predicted octanol–water partition coefficient (Wildman–Crippen LogP) is 6.75. The first-order valence-corrected chi connectivity index (χ1v) is 13.4. The second kappa shape index (κ2) is 9.79. The zero-order valence-electron chi connectivity index (χ0n) is 21.3. The SMILES string of the molecule is O=C(Nc1cncc(-c2ccc3[nH]nc(-c4cc5c(-c6cccnc6)cccc5[nH]4)c3n2)c1)C1CCCCC1. The average Bonchev–Trinajstić information content (AvgIpc) is 3.62. The number of carbonyl (C=O) groups is 1. The zero-order chi connectivity index (χ0) is 26.2. The summed E-state index contributed by atoms with van der Waals surface area (Å²) in [5, 5.41) is 11.9. The van der Waals surface area contributed by atoms with Gasteiger partial charge in [0.05, 0.1) is 28.8 Å². The molecule has 0 radical (unpaired) electrons. The van der Waals surface area contributed by atoms with Gasteiger partial charge in [-0.25, -0.2) is 4.98 Å². The van der Waals surface area contributed by atoms with Crippen LogP contribution in [0.15, 0.2) is 79.4 Å². The third-order valence-electron chi connectivity index (χ3n) is 7.58. The molecule has 0 aliphatic heterocycles. The molecule has 0 spiro atoms. The van der Waals surface area contributed by atoms with Gasteiger partial charge in [0.1, 0.15) is 11.2 Å². The van der Waals surface area contributed by atoms with Crippen LogP contribution in [0, 0.1) is 5.92 Å².